The number of aryl methyl sites for hydroxylation is 1. The molecule has 0 amide bonds. The van der Waals surface area contributed by atoms with E-state index in [-0.39, 0.29) is 12.1 Å². The molecule has 0 unspecified atom stereocenters. The van der Waals surface area contributed by atoms with Gasteiger partial charge in [0.1, 0.15) is 6.33 Å². The molecular weight excluding hydrogens is 270 g/mol. The van der Waals surface area contributed by atoms with E-state index in [4.69, 9.17) is 0 Å². The number of anilines is 1. The maximum Gasteiger partial charge on any atom is 0.203 e. The average molecular weight is 285 g/mol. The Bertz CT molecular complexity index is 780. The van der Waals surface area contributed by atoms with Gasteiger partial charge in [-0.15, -0.1) is 10.2 Å². The lowest BCUT2D eigenvalue weighted by atomic mass is 9.83. The fourth-order valence-corrected chi connectivity index (χ4v) is 2.75. The summed E-state index contributed by atoms with van der Waals surface area (Å²) in [6.45, 7) is 1.98. The summed E-state index contributed by atoms with van der Waals surface area (Å²) >= 11 is 0. The lowest BCUT2D eigenvalue weighted by Gasteiger charge is -2.42. The lowest BCUT2D eigenvalue weighted by Crippen LogP contribution is -2.51. The quantitative estimate of drug-likeness (QED) is 0.724. The van der Waals surface area contributed by atoms with Crippen molar-refractivity contribution in [1.29, 1.82) is 0 Å². The normalized spacial score (nSPS) is 25.0. The van der Waals surface area contributed by atoms with Crippen LogP contribution in [0.4, 0.5) is 5.82 Å². The molecule has 8 heteroatoms. The van der Waals surface area contributed by atoms with Gasteiger partial charge >= 0.3 is 0 Å². The summed E-state index contributed by atoms with van der Waals surface area (Å²) in [6.07, 6.45) is 9.10. The monoisotopic (exact) mass is 285 g/mol. The molecule has 8 nitrogen and oxygen atoms in total. The Labute approximate surface area is 120 Å². The van der Waals surface area contributed by atoms with Crippen LogP contribution in [0.2, 0.25) is 0 Å². The van der Waals surface area contributed by atoms with Gasteiger partial charge in [0.05, 0.1) is 24.4 Å². The highest BCUT2D eigenvalue weighted by atomic mass is 16.3. The predicted octanol–water partition coefficient (Wildman–Crippen LogP) is 0.416. The molecule has 2 N–H and O–H groups in total. The van der Waals surface area contributed by atoms with Crippen molar-refractivity contribution in [1.82, 2.24) is 29.4 Å². The van der Waals surface area contributed by atoms with Crippen LogP contribution in [0.15, 0.2) is 31.1 Å². The van der Waals surface area contributed by atoms with E-state index < -0.39 is 6.10 Å². The minimum atomic E-state index is -0.403. The molecule has 3 aromatic rings. The Hall–Kier alpha value is -2.48. The number of hydrogen-bond donors (Lipinski definition) is 2. The minimum Gasteiger partial charge on any atom is -0.391 e. The number of fused-ring (bicyclic) bond motifs is 1. The van der Waals surface area contributed by atoms with Gasteiger partial charge < -0.3 is 10.4 Å². The first kappa shape index (κ1) is 12.3. The topological polar surface area (TPSA) is 93.2 Å². The van der Waals surface area contributed by atoms with Crippen LogP contribution in [0.3, 0.4) is 0 Å². The molecule has 1 aliphatic carbocycles. The molecule has 0 radical (unpaired) electrons. The first-order valence-corrected chi connectivity index (χ1v) is 6.82. The van der Waals surface area contributed by atoms with E-state index in [0.717, 1.165) is 5.56 Å². The van der Waals surface area contributed by atoms with Gasteiger partial charge in [-0.2, -0.15) is 5.10 Å². The SMILES string of the molecule is Cc1cnn([C@H]2[C@H](O)C[C@@H]2Nc2nccn3cnnc23)c1. The summed E-state index contributed by atoms with van der Waals surface area (Å²) < 4.78 is 3.61. The van der Waals surface area contributed by atoms with E-state index in [9.17, 15) is 5.11 Å². The lowest BCUT2D eigenvalue weighted by molar-refractivity contribution is 0.0133. The van der Waals surface area contributed by atoms with Crippen molar-refractivity contribution in [3.63, 3.8) is 0 Å². The van der Waals surface area contributed by atoms with Gasteiger partial charge in [-0.05, 0) is 18.9 Å². The van der Waals surface area contributed by atoms with Crippen molar-refractivity contribution >= 4 is 11.5 Å². The van der Waals surface area contributed by atoms with Gasteiger partial charge in [-0.1, -0.05) is 0 Å². The second kappa shape index (κ2) is 4.52. The molecule has 3 aromatic heterocycles. The fourth-order valence-electron chi connectivity index (χ4n) is 2.75. The van der Waals surface area contributed by atoms with Gasteiger partial charge in [0.2, 0.25) is 5.65 Å². The molecular formula is C13H15N7O. The van der Waals surface area contributed by atoms with Crippen molar-refractivity contribution in [3.8, 4) is 0 Å². The van der Waals surface area contributed by atoms with E-state index in [1.165, 1.54) is 0 Å². The molecule has 4 rings (SSSR count). The molecule has 3 atom stereocenters. The van der Waals surface area contributed by atoms with Crippen LogP contribution in [-0.4, -0.2) is 46.6 Å². The van der Waals surface area contributed by atoms with Gasteiger partial charge in [0.25, 0.3) is 0 Å². The zero-order valence-corrected chi connectivity index (χ0v) is 11.5. The van der Waals surface area contributed by atoms with Crippen molar-refractivity contribution in [3.05, 3.63) is 36.7 Å². The zero-order valence-electron chi connectivity index (χ0n) is 11.5. The Morgan fingerprint density at radius 1 is 1.43 bits per heavy atom. The Morgan fingerprint density at radius 3 is 3.10 bits per heavy atom. The van der Waals surface area contributed by atoms with Gasteiger partial charge in [0.15, 0.2) is 5.82 Å². The van der Waals surface area contributed by atoms with Crippen molar-refractivity contribution < 1.29 is 5.11 Å². The molecule has 108 valence electrons. The molecule has 0 aromatic carbocycles. The molecule has 0 spiro atoms. The number of aromatic nitrogens is 6. The maximum absolute atomic E-state index is 10.0. The first-order chi connectivity index (χ1) is 10.2. The minimum absolute atomic E-state index is 0.0645. The number of aliphatic hydroxyl groups excluding tert-OH is 1. The summed E-state index contributed by atoms with van der Waals surface area (Å²) in [5, 5.41) is 25.6. The van der Waals surface area contributed by atoms with Crippen LogP contribution in [0.25, 0.3) is 5.65 Å². The predicted molar refractivity (Wildman–Crippen MR) is 74.8 cm³/mol. The third kappa shape index (κ3) is 1.95. The zero-order chi connectivity index (χ0) is 14.4. The number of hydrogen-bond acceptors (Lipinski definition) is 6. The van der Waals surface area contributed by atoms with Gasteiger partial charge in [0, 0.05) is 18.6 Å². The molecule has 1 fully saturated rings. The van der Waals surface area contributed by atoms with Crippen LogP contribution in [0.1, 0.15) is 18.0 Å². The Kier molecular flexibility index (Phi) is 2.64. The molecule has 21 heavy (non-hydrogen) atoms. The second-order valence-corrected chi connectivity index (χ2v) is 5.38. The summed E-state index contributed by atoms with van der Waals surface area (Å²) in [5.74, 6) is 0.667. The largest absolute Gasteiger partial charge is 0.391 e. The number of rotatable bonds is 3. The van der Waals surface area contributed by atoms with E-state index in [1.807, 2.05) is 17.8 Å². The second-order valence-electron chi connectivity index (χ2n) is 5.38. The van der Waals surface area contributed by atoms with Crippen LogP contribution >= 0.6 is 0 Å². The van der Waals surface area contributed by atoms with Crippen LogP contribution < -0.4 is 5.32 Å². The third-order valence-electron chi connectivity index (χ3n) is 3.88. The average Bonchev–Trinajstić information content (AvgIpc) is 3.07. The highest BCUT2D eigenvalue weighted by Crippen LogP contribution is 2.35. The maximum atomic E-state index is 10.0. The van der Waals surface area contributed by atoms with E-state index in [2.05, 4.69) is 25.6 Å². The van der Waals surface area contributed by atoms with Crippen LogP contribution in [-0.2, 0) is 0 Å². The molecule has 0 aliphatic heterocycles. The summed E-state index contributed by atoms with van der Waals surface area (Å²) in [5.41, 5.74) is 1.75. The molecule has 1 saturated carbocycles. The van der Waals surface area contributed by atoms with E-state index >= 15 is 0 Å². The van der Waals surface area contributed by atoms with Crippen molar-refractivity contribution in [2.75, 3.05) is 5.32 Å². The Balaban J connectivity index is 1.61. The number of nitrogens with one attached hydrogen (secondary N) is 1. The van der Waals surface area contributed by atoms with Crippen molar-refractivity contribution in [2.24, 2.45) is 0 Å². The third-order valence-corrected chi connectivity index (χ3v) is 3.88. The fraction of sp³-hybridized carbons (Fsp3) is 0.385. The summed E-state index contributed by atoms with van der Waals surface area (Å²) in [7, 11) is 0. The summed E-state index contributed by atoms with van der Waals surface area (Å²) in [4.78, 5) is 4.31. The smallest absolute Gasteiger partial charge is 0.203 e. The number of nitrogens with zero attached hydrogens (tertiary/aromatic N) is 6. The highest BCUT2D eigenvalue weighted by Gasteiger charge is 2.42. The molecule has 1 aliphatic rings. The van der Waals surface area contributed by atoms with Gasteiger partial charge in [-0.3, -0.25) is 9.08 Å². The first-order valence-electron chi connectivity index (χ1n) is 6.82. The number of aliphatic hydroxyl groups is 1. The van der Waals surface area contributed by atoms with Crippen LogP contribution in [0, 0.1) is 6.92 Å². The van der Waals surface area contributed by atoms with Crippen LogP contribution in [0.5, 0.6) is 0 Å². The summed E-state index contributed by atoms with van der Waals surface area (Å²) in [6, 6.07) is -0.0293. The van der Waals surface area contributed by atoms with Crippen molar-refractivity contribution in [2.45, 2.75) is 31.5 Å². The Morgan fingerprint density at radius 2 is 2.33 bits per heavy atom. The highest BCUT2D eigenvalue weighted by molar-refractivity contribution is 5.62. The molecule has 3 heterocycles. The standard InChI is InChI=1S/C13H15N7O/c1-8-5-16-20(6-8)11-9(4-10(11)21)17-12-13-18-15-7-19(13)3-2-14-12/h2-3,5-7,9-11,21H,4H2,1H3,(H,14,17)/t9-,10+,11+/m0/s1. The molecule has 0 saturated heterocycles. The van der Waals surface area contributed by atoms with E-state index in [1.54, 1.807) is 29.3 Å². The van der Waals surface area contributed by atoms with Gasteiger partial charge in [-0.25, -0.2) is 4.98 Å². The van der Waals surface area contributed by atoms with E-state index in [0.29, 0.717) is 17.9 Å². The molecule has 0 bridgehead atoms.